The third-order valence-corrected chi connectivity index (χ3v) is 7.44. The van der Waals surface area contributed by atoms with E-state index < -0.39 is 0 Å². The van der Waals surface area contributed by atoms with Crippen LogP contribution < -0.4 is 0 Å². The lowest BCUT2D eigenvalue weighted by molar-refractivity contribution is -0.141. The summed E-state index contributed by atoms with van der Waals surface area (Å²) in [5, 5.41) is 8.15. The largest absolute Gasteiger partial charge is 0.379 e. The SMILES string of the molecule is CC(C)C1CN(C(=O)CCOCCOCCOCCOCCn2cc(CN3C(=O)CC(C(C)(C)C)C3=O)nn2)C1. The molecule has 3 rings (SSSR count). The van der Waals surface area contributed by atoms with Gasteiger partial charge in [0.05, 0.1) is 84.5 Å². The van der Waals surface area contributed by atoms with Crippen molar-refractivity contribution in [2.24, 2.45) is 23.2 Å². The Bertz CT molecular complexity index is 955. The van der Waals surface area contributed by atoms with E-state index in [0.29, 0.717) is 83.4 Å². The predicted molar refractivity (Wildman–Crippen MR) is 146 cm³/mol. The molecule has 0 N–H and O–H groups in total. The number of hydrogen-bond acceptors (Lipinski definition) is 9. The van der Waals surface area contributed by atoms with Crippen molar-refractivity contribution >= 4 is 17.7 Å². The number of hydrogen-bond donors (Lipinski definition) is 0. The van der Waals surface area contributed by atoms with Gasteiger partial charge in [0.25, 0.3) is 0 Å². The normalized spacial score (nSPS) is 18.3. The summed E-state index contributed by atoms with van der Waals surface area (Å²) < 4.78 is 23.7. The van der Waals surface area contributed by atoms with Crippen molar-refractivity contribution in [3.05, 3.63) is 11.9 Å². The number of carbonyl (C=O) groups is 3. The topological polar surface area (TPSA) is 125 Å². The van der Waals surface area contributed by atoms with Gasteiger partial charge in [-0.1, -0.05) is 39.8 Å². The average Bonchev–Trinajstić information content (AvgIpc) is 3.42. The molecule has 3 amide bonds. The maximum absolute atomic E-state index is 12.6. The molecule has 3 heterocycles. The van der Waals surface area contributed by atoms with Crippen LogP contribution in [0.5, 0.6) is 0 Å². The van der Waals surface area contributed by atoms with E-state index in [1.54, 1.807) is 10.9 Å². The monoisotopic (exact) mass is 565 g/mol. The maximum Gasteiger partial charge on any atom is 0.233 e. The molecule has 12 nitrogen and oxygen atoms in total. The molecule has 0 bridgehead atoms. The van der Waals surface area contributed by atoms with Gasteiger partial charge < -0.3 is 23.8 Å². The van der Waals surface area contributed by atoms with Gasteiger partial charge in [-0.2, -0.15) is 0 Å². The minimum Gasteiger partial charge on any atom is -0.379 e. The van der Waals surface area contributed by atoms with Gasteiger partial charge in [-0.25, -0.2) is 4.68 Å². The highest BCUT2D eigenvalue weighted by Gasteiger charge is 2.44. The smallest absolute Gasteiger partial charge is 0.233 e. The van der Waals surface area contributed by atoms with Crippen LogP contribution in [0.4, 0.5) is 0 Å². The van der Waals surface area contributed by atoms with Gasteiger partial charge >= 0.3 is 0 Å². The average molecular weight is 566 g/mol. The van der Waals surface area contributed by atoms with Gasteiger partial charge in [-0.3, -0.25) is 19.3 Å². The third kappa shape index (κ3) is 9.90. The summed E-state index contributed by atoms with van der Waals surface area (Å²) in [5.74, 6) is 0.837. The van der Waals surface area contributed by atoms with Gasteiger partial charge in [0.15, 0.2) is 0 Å². The Morgan fingerprint density at radius 1 is 0.950 bits per heavy atom. The van der Waals surface area contributed by atoms with Gasteiger partial charge in [-0.15, -0.1) is 5.10 Å². The molecule has 2 saturated heterocycles. The van der Waals surface area contributed by atoms with Crippen molar-refractivity contribution in [1.29, 1.82) is 0 Å². The predicted octanol–water partition coefficient (Wildman–Crippen LogP) is 1.77. The molecule has 2 fully saturated rings. The molecule has 1 aromatic heterocycles. The van der Waals surface area contributed by atoms with Crippen LogP contribution in [-0.4, -0.2) is 108 Å². The van der Waals surface area contributed by atoms with Crippen molar-refractivity contribution in [2.75, 3.05) is 65.9 Å². The Kier molecular flexibility index (Phi) is 12.5. The second-order valence-electron chi connectivity index (χ2n) is 11.9. The number of carbonyl (C=O) groups excluding carboxylic acids is 3. The molecule has 40 heavy (non-hydrogen) atoms. The summed E-state index contributed by atoms with van der Waals surface area (Å²) >= 11 is 0. The third-order valence-electron chi connectivity index (χ3n) is 7.44. The zero-order valence-corrected chi connectivity index (χ0v) is 24.8. The highest BCUT2D eigenvalue weighted by molar-refractivity contribution is 6.03. The number of imide groups is 1. The van der Waals surface area contributed by atoms with Crippen molar-refractivity contribution < 1.29 is 33.3 Å². The molecule has 2 aliphatic rings. The fourth-order valence-electron chi connectivity index (χ4n) is 4.58. The fraction of sp³-hybridized carbons (Fsp3) is 0.821. The Balaban J connectivity index is 1.12. The van der Waals surface area contributed by atoms with Crippen molar-refractivity contribution in [2.45, 2.75) is 60.5 Å². The minimum absolute atomic E-state index is 0.139. The van der Waals surface area contributed by atoms with E-state index in [1.165, 1.54) is 4.90 Å². The summed E-state index contributed by atoms with van der Waals surface area (Å²) in [6.07, 6.45) is 2.40. The van der Waals surface area contributed by atoms with E-state index in [9.17, 15) is 14.4 Å². The Labute approximate surface area is 237 Å². The van der Waals surface area contributed by atoms with E-state index in [2.05, 4.69) is 24.2 Å². The zero-order chi connectivity index (χ0) is 29.1. The van der Waals surface area contributed by atoms with Crippen LogP contribution in [0.2, 0.25) is 0 Å². The Morgan fingerprint density at radius 2 is 1.52 bits per heavy atom. The maximum atomic E-state index is 12.6. The standard InChI is InChI=1S/C28H47N5O7/c1-21(2)22-17-31(18-22)25(34)6-8-37-10-12-39-14-15-40-13-11-38-9-7-32-19-23(29-30-32)20-33-26(35)16-24(27(33)36)28(3,4)5/h19,21-22,24H,6-18,20H2,1-5H3. The van der Waals surface area contributed by atoms with E-state index in [0.717, 1.165) is 13.1 Å². The first-order valence-electron chi connectivity index (χ1n) is 14.4. The van der Waals surface area contributed by atoms with E-state index in [1.807, 2.05) is 25.7 Å². The lowest BCUT2D eigenvalue weighted by atomic mass is 9.80. The number of rotatable bonds is 18. The summed E-state index contributed by atoms with van der Waals surface area (Å²) in [6.45, 7) is 16.3. The van der Waals surface area contributed by atoms with E-state index in [4.69, 9.17) is 18.9 Å². The molecule has 2 aliphatic heterocycles. The highest BCUT2D eigenvalue weighted by atomic mass is 16.6. The van der Waals surface area contributed by atoms with Crippen molar-refractivity contribution in [3.63, 3.8) is 0 Å². The van der Waals surface area contributed by atoms with Crippen LogP contribution in [-0.2, 0) is 46.4 Å². The molecule has 0 saturated carbocycles. The molecule has 12 heteroatoms. The molecular formula is C28H47N5O7. The Hall–Kier alpha value is -2.41. The van der Waals surface area contributed by atoms with E-state index in [-0.39, 0.29) is 42.0 Å². The quantitative estimate of drug-likeness (QED) is 0.193. The molecule has 226 valence electrons. The number of nitrogens with zero attached hydrogens (tertiary/aromatic N) is 5. The second-order valence-corrected chi connectivity index (χ2v) is 11.9. The minimum atomic E-state index is -0.299. The van der Waals surface area contributed by atoms with Gasteiger partial charge in [0.2, 0.25) is 17.7 Å². The molecule has 1 aromatic rings. The molecule has 1 atom stereocenters. The Morgan fingerprint density at radius 3 is 2.08 bits per heavy atom. The summed E-state index contributed by atoms with van der Waals surface area (Å²) in [4.78, 5) is 40.2. The number of likely N-dealkylation sites (tertiary alicyclic amines) is 2. The van der Waals surface area contributed by atoms with Crippen LogP contribution in [0.3, 0.4) is 0 Å². The van der Waals surface area contributed by atoms with E-state index >= 15 is 0 Å². The number of amides is 3. The zero-order valence-electron chi connectivity index (χ0n) is 24.8. The first-order chi connectivity index (χ1) is 19.1. The molecule has 0 spiro atoms. The summed E-state index contributed by atoms with van der Waals surface area (Å²) in [5.41, 5.74) is 0.321. The van der Waals surface area contributed by atoms with Crippen LogP contribution >= 0.6 is 0 Å². The van der Waals surface area contributed by atoms with Gasteiger partial charge in [0, 0.05) is 19.5 Å². The highest BCUT2D eigenvalue weighted by Crippen LogP contribution is 2.35. The summed E-state index contributed by atoms with van der Waals surface area (Å²) in [6, 6.07) is 0. The molecular weight excluding hydrogens is 518 g/mol. The van der Waals surface area contributed by atoms with Crippen molar-refractivity contribution in [3.8, 4) is 0 Å². The fourth-order valence-corrected chi connectivity index (χ4v) is 4.58. The second kappa shape index (κ2) is 15.6. The molecule has 0 aliphatic carbocycles. The summed E-state index contributed by atoms with van der Waals surface area (Å²) in [7, 11) is 0. The van der Waals surface area contributed by atoms with Gasteiger partial charge in [-0.05, 0) is 17.3 Å². The van der Waals surface area contributed by atoms with Crippen molar-refractivity contribution in [1.82, 2.24) is 24.8 Å². The number of aromatic nitrogens is 3. The number of ether oxygens (including phenoxy) is 4. The van der Waals surface area contributed by atoms with Crippen LogP contribution in [0, 0.1) is 23.2 Å². The molecule has 1 unspecified atom stereocenters. The first kappa shape index (κ1) is 32.1. The lowest BCUT2D eigenvalue weighted by Crippen LogP contribution is -2.52. The van der Waals surface area contributed by atoms with Crippen LogP contribution in [0.15, 0.2) is 6.20 Å². The van der Waals surface area contributed by atoms with Crippen LogP contribution in [0.1, 0.15) is 53.2 Å². The first-order valence-corrected chi connectivity index (χ1v) is 14.4. The van der Waals surface area contributed by atoms with Crippen LogP contribution in [0.25, 0.3) is 0 Å². The molecule has 0 aromatic carbocycles. The molecule has 0 radical (unpaired) electrons. The lowest BCUT2D eigenvalue weighted by Gasteiger charge is -2.41. The van der Waals surface area contributed by atoms with Gasteiger partial charge in [0.1, 0.15) is 5.69 Å².